The maximum absolute atomic E-state index is 11.5. The second kappa shape index (κ2) is 6.96. The van der Waals surface area contributed by atoms with Gasteiger partial charge >= 0.3 is 0 Å². The van der Waals surface area contributed by atoms with Gasteiger partial charge in [0.05, 0.1) is 0 Å². The summed E-state index contributed by atoms with van der Waals surface area (Å²) in [6.45, 7) is 3.38. The van der Waals surface area contributed by atoms with Gasteiger partial charge in [-0.2, -0.15) is 0 Å². The molecule has 0 saturated heterocycles. The van der Waals surface area contributed by atoms with Crippen LogP contribution in [-0.2, 0) is 0 Å². The standard InChI is InChI=1S/C6H11F2N.ClH/c1-2-3-5(9)4-6(7)8;/h2,5-6H,1,3-4,9H2;1H. The van der Waals surface area contributed by atoms with Crippen LogP contribution in [0, 0.1) is 0 Å². The van der Waals surface area contributed by atoms with E-state index >= 15 is 0 Å². The molecule has 4 heteroatoms. The maximum Gasteiger partial charge on any atom is 0.240 e. The Balaban J connectivity index is 0. The summed E-state index contributed by atoms with van der Waals surface area (Å²) in [6, 6.07) is -0.428. The topological polar surface area (TPSA) is 26.0 Å². The van der Waals surface area contributed by atoms with Crippen LogP contribution in [0.25, 0.3) is 0 Å². The molecule has 0 fully saturated rings. The molecule has 0 amide bonds. The summed E-state index contributed by atoms with van der Waals surface area (Å²) in [5.74, 6) is 0. The van der Waals surface area contributed by atoms with Crippen molar-refractivity contribution in [2.75, 3.05) is 0 Å². The van der Waals surface area contributed by atoms with E-state index in [4.69, 9.17) is 5.73 Å². The van der Waals surface area contributed by atoms with Gasteiger partial charge in [0.1, 0.15) is 0 Å². The average molecular weight is 172 g/mol. The Morgan fingerprint density at radius 3 is 2.30 bits per heavy atom. The van der Waals surface area contributed by atoms with Crippen LogP contribution in [0.15, 0.2) is 12.7 Å². The van der Waals surface area contributed by atoms with Crippen LogP contribution in [0.2, 0.25) is 0 Å². The van der Waals surface area contributed by atoms with Crippen LogP contribution in [0.1, 0.15) is 12.8 Å². The SMILES string of the molecule is C=CCC(N)CC(F)F.Cl. The van der Waals surface area contributed by atoms with Crippen LogP contribution in [0.3, 0.4) is 0 Å². The summed E-state index contributed by atoms with van der Waals surface area (Å²) in [5.41, 5.74) is 5.23. The van der Waals surface area contributed by atoms with Gasteiger partial charge in [0, 0.05) is 12.5 Å². The molecule has 1 unspecified atom stereocenters. The van der Waals surface area contributed by atoms with Gasteiger partial charge in [-0.15, -0.1) is 19.0 Å². The summed E-state index contributed by atoms with van der Waals surface area (Å²) in [4.78, 5) is 0. The zero-order chi connectivity index (χ0) is 7.28. The van der Waals surface area contributed by atoms with Crippen LogP contribution in [0.5, 0.6) is 0 Å². The van der Waals surface area contributed by atoms with Crippen LogP contribution >= 0.6 is 12.4 Å². The van der Waals surface area contributed by atoms with Crippen LogP contribution < -0.4 is 5.73 Å². The summed E-state index contributed by atoms with van der Waals surface area (Å²) in [7, 11) is 0. The largest absolute Gasteiger partial charge is 0.327 e. The van der Waals surface area contributed by atoms with E-state index in [0.29, 0.717) is 6.42 Å². The molecule has 0 radical (unpaired) electrons. The van der Waals surface area contributed by atoms with Crippen LogP contribution in [0.4, 0.5) is 8.78 Å². The van der Waals surface area contributed by atoms with Gasteiger partial charge in [-0.05, 0) is 6.42 Å². The van der Waals surface area contributed by atoms with Crippen molar-refractivity contribution in [3.05, 3.63) is 12.7 Å². The molecule has 2 N–H and O–H groups in total. The number of alkyl halides is 2. The van der Waals surface area contributed by atoms with Gasteiger partial charge in [-0.25, -0.2) is 8.78 Å². The van der Waals surface area contributed by atoms with E-state index in [1.54, 1.807) is 6.08 Å². The smallest absolute Gasteiger partial charge is 0.240 e. The second-order valence-corrected chi connectivity index (χ2v) is 1.91. The van der Waals surface area contributed by atoms with Crippen LogP contribution in [-0.4, -0.2) is 12.5 Å². The van der Waals surface area contributed by atoms with E-state index < -0.39 is 12.5 Å². The summed E-state index contributed by atoms with van der Waals surface area (Å²) < 4.78 is 23.0. The second-order valence-electron chi connectivity index (χ2n) is 1.91. The zero-order valence-corrected chi connectivity index (χ0v) is 6.41. The van der Waals surface area contributed by atoms with Crippen molar-refractivity contribution in [2.45, 2.75) is 25.3 Å². The van der Waals surface area contributed by atoms with Crippen molar-refractivity contribution >= 4 is 12.4 Å². The van der Waals surface area contributed by atoms with Gasteiger partial charge in [0.25, 0.3) is 0 Å². The normalized spacial score (nSPS) is 12.4. The van der Waals surface area contributed by atoms with E-state index in [9.17, 15) is 8.78 Å². The Hall–Kier alpha value is -0.150. The highest BCUT2D eigenvalue weighted by Crippen LogP contribution is 2.04. The maximum atomic E-state index is 11.5. The Morgan fingerprint density at radius 1 is 1.50 bits per heavy atom. The molecule has 1 nitrogen and oxygen atoms in total. The molecule has 0 aliphatic rings. The fraction of sp³-hybridized carbons (Fsp3) is 0.667. The Kier molecular flexibility index (Phi) is 8.72. The Bertz CT molecular complexity index is 87.8. The number of nitrogens with two attached hydrogens (primary N) is 1. The molecule has 0 aromatic carbocycles. The highest BCUT2D eigenvalue weighted by molar-refractivity contribution is 5.85. The fourth-order valence-electron chi connectivity index (χ4n) is 0.539. The minimum atomic E-state index is -2.29. The van der Waals surface area contributed by atoms with Crippen molar-refractivity contribution in [3.63, 3.8) is 0 Å². The van der Waals surface area contributed by atoms with Crippen molar-refractivity contribution < 1.29 is 8.78 Å². The molecule has 0 saturated carbocycles. The first kappa shape index (κ1) is 12.5. The summed E-state index contributed by atoms with van der Waals surface area (Å²) >= 11 is 0. The first-order valence-corrected chi connectivity index (χ1v) is 2.81. The van der Waals surface area contributed by atoms with Crippen molar-refractivity contribution in [2.24, 2.45) is 5.73 Å². The number of rotatable bonds is 4. The molecule has 10 heavy (non-hydrogen) atoms. The van der Waals surface area contributed by atoms with Gasteiger partial charge < -0.3 is 5.73 Å². The fourth-order valence-corrected chi connectivity index (χ4v) is 0.539. The van der Waals surface area contributed by atoms with Gasteiger partial charge in [0.2, 0.25) is 6.43 Å². The van der Waals surface area contributed by atoms with E-state index in [1.807, 2.05) is 0 Å². The first-order valence-electron chi connectivity index (χ1n) is 2.81. The molecule has 0 spiro atoms. The monoisotopic (exact) mass is 171 g/mol. The lowest BCUT2D eigenvalue weighted by Crippen LogP contribution is -2.21. The third-order valence-corrected chi connectivity index (χ3v) is 0.950. The minimum Gasteiger partial charge on any atom is -0.327 e. The predicted molar refractivity (Wildman–Crippen MR) is 40.7 cm³/mol. The lowest BCUT2D eigenvalue weighted by molar-refractivity contribution is 0.128. The quantitative estimate of drug-likeness (QED) is 0.643. The molecule has 0 aromatic rings. The van der Waals surface area contributed by atoms with E-state index in [0.717, 1.165) is 0 Å². The highest BCUT2D eigenvalue weighted by Gasteiger charge is 2.07. The molecular formula is C6H12ClF2N. The molecule has 0 aromatic heterocycles. The lowest BCUT2D eigenvalue weighted by atomic mass is 10.1. The molecule has 1 atom stereocenters. The summed E-state index contributed by atoms with van der Waals surface area (Å²) in [5, 5.41) is 0. The lowest BCUT2D eigenvalue weighted by Gasteiger charge is -2.05. The molecule has 0 aliphatic heterocycles. The predicted octanol–water partition coefficient (Wildman–Crippen LogP) is 1.97. The molecular weight excluding hydrogens is 160 g/mol. The van der Waals surface area contributed by atoms with Crippen molar-refractivity contribution in [1.82, 2.24) is 0 Å². The first-order chi connectivity index (χ1) is 4.16. The number of hydrogen-bond donors (Lipinski definition) is 1. The Labute approximate surface area is 65.7 Å². The average Bonchev–Trinajstić information content (AvgIpc) is 1.63. The molecule has 0 heterocycles. The third kappa shape index (κ3) is 7.85. The number of halogens is 3. The van der Waals surface area contributed by atoms with E-state index in [-0.39, 0.29) is 18.8 Å². The molecule has 0 rings (SSSR count). The van der Waals surface area contributed by atoms with Crippen molar-refractivity contribution in [1.29, 1.82) is 0 Å². The molecule has 0 bridgehead atoms. The number of hydrogen-bond acceptors (Lipinski definition) is 1. The van der Waals surface area contributed by atoms with Gasteiger partial charge in [-0.3, -0.25) is 0 Å². The Morgan fingerprint density at radius 2 is 2.00 bits per heavy atom. The zero-order valence-electron chi connectivity index (χ0n) is 5.59. The molecule has 62 valence electrons. The van der Waals surface area contributed by atoms with Gasteiger partial charge in [0.15, 0.2) is 0 Å². The van der Waals surface area contributed by atoms with Gasteiger partial charge in [-0.1, -0.05) is 6.08 Å². The van der Waals surface area contributed by atoms with E-state index in [1.165, 1.54) is 0 Å². The van der Waals surface area contributed by atoms with Crippen molar-refractivity contribution in [3.8, 4) is 0 Å². The van der Waals surface area contributed by atoms with E-state index in [2.05, 4.69) is 6.58 Å². The molecule has 0 aliphatic carbocycles. The highest BCUT2D eigenvalue weighted by atomic mass is 35.5. The minimum absolute atomic E-state index is 0. The summed E-state index contributed by atoms with van der Waals surface area (Å²) in [6.07, 6.45) is -0.511. The third-order valence-electron chi connectivity index (χ3n) is 0.950.